The third-order valence-corrected chi connectivity index (χ3v) is 6.79. The lowest BCUT2D eigenvalue weighted by Crippen LogP contribution is -1.98. The lowest BCUT2D eigenvalue weighted by molar-refractivity contribution is 1.11. The minimum absolute atomic E-state index is 0.804. The van der Waals surface area contributed by atoms with Gasteiger partial charge < -0.3 is 10.3 Å². The molecule has 3 N–H and O–H groups in total. The number of nitrogens with zero attached hydrogens (tertiary/aromatic N) is 4. The van der Waals surface area contributed by atoms with E-state index in [9.17, 15) is 0 Å². The van der Waals surface area contributed by atoms with Crippen LogP contribution in [0.25, 0.3) is 61.3 Å². The zero-order chi connectivity index (χ0) is 26.2. The summed E-state index contributed by atoms with van der Waals surface area (Å²) in [6, 6.07) is 26.5. The van der Waals surface area contributed by atoms with Crippen molar-refractivity contribution >= 4 is 33.2 Å². The molecule has 7 aromatic rings. The number of hydrogen-bond acceptors (Lipinski definition) is 5. The van der Waals surface area contributed by atoms with E-state index in [-0.39, 0.29) is 0 Å². The number of hydrogen-bond donors (Lipinski definition) is 3. The SMILES string of the molecule is C=C(Nc1cncc(-c2cc3c(-c4cc5c(-c6cccnc6)cccc5[nH]4)n[nH]c3cn2)c1)c1ccccc1. The van der Waals surface area contributed by atoms with Gasteiger partial charge in [-0.05, 0) is 41.5 Å². The van der Waals surface area contributed by atoms with E-state index in [1.165, 1.54) is 0 Å². The van der Waals surface area contributed by atoms with E-state index in [1.807, 2.05) is 61.1 Å². The molecule has 0 bridgehead atoms. The van der Waals surface area contributed by atoms with Gasteiger partial charge >= 0.3 is 0 Å². The smallest absolute Gasteiger partial charge is 0.116 e. The van der Waals surface area contributed by atoms with Gasteiger partial charge in [-0.3, -0.25) is 20.1 Å². The standard InChI is InChI=1S/C32H23N7/c1-20(21-7-3-2-4-8-21)36-24-13-23(17-34-18-24)29-15-27-31(19-35-29)38-39-32(27)30-14-26-25(10-5-11-28(26)37-30)22-9-6-12-33-16-22/h2-19,36-37H,1H2,(H,38,39). The molecule has 0 aliphatic heterocycles. The Morgan fingerprint density at radius 1 is 0.744 bits per heavy atom. The fourth-order valence-corrected chi connectivity index (χ4v) is 4.87. The summed E-state index contributed by atoms with van der Waals surface area (Å²) in [5.41, 5.74) is 10.2. The topological polar surface area (TPSA) is 95.2 Å². The maximum atomic E-state index is 4.68. The highest BCUT2D eigenvalue weighted by Crippen LogP contribution is 2.34. The van der Waals surface area contributed by atoms with Gasteiger partial charge in [-0.2, -0.15) is 5.10 Å². The molecule has 0 atom stereocenters. The zero-order valence-electron chi connectivity index (χ0n) is 20.9. The molecule has 0 unspecified atom stereocenters. The first-order chi connectivity index (χ1) is 19.2. The number of nitrogens with one attached hydrogen (secondary N) is 3. The summed E-state index contributed by atoms with van der Waals surface area (Å²) in [5.74, 6) is 0. The van der Waals surface area contributed by atoms with E-state index in [2.05, 4.69) is 78.4 Å². The molecule has 0 saturated heterocycles. The molecule has 2 aromatic carbocycles. The molecule has 5 heterocycles. The van der Waals surface area contributed by atoms with Gasteiger partial charge in [0, 0.05) is 51.7 Å². The molecule has 186 valence electrons. The summed E-state index contributed by atoms with van der Waals surface area (Å²) in [4.78, 5) is 17.0. The molecule has 5 aromatic heterocycles. The van der Waals surface area contributed by atoms with E-state index < -0.39 is 0 Å². The van der Waals surface area contributed by atoms with Crippen LogP contribution in [0.15, 0.2) is 116 Å². The van der Waals surface area contributed by atoms with Crippen LogP contribution in [0.1, 0.15) is 5.56 Å². The second kappa shape index (κ2) is 9.39. The number of fused-ring (bicyclic) bond motifs is 2. The third kappa shape index (κ3) is 4.22. The van der Waals surface area contributed by atoms with Gasteiger partial charge in [-0.25, -0.2) is 0 Å². The van der Waals surface area contributed by atoms with Gasteiger partial charge in [0.05, 0.1) is 35.0 Å². The van der Waals surface area contributed by atoms with E-state index in [0.717, 1.165) is 72.5 Å². The van der Waals surface area contributed by atoms with Crippen LogP contribution in [0.3, 0.4) is 0 Å². The predicted molar refractivity (Wildman–Crippen MR) is 157 cm³/mol. The summed E-state index contributed by atoms with van der Waals surface area (Å²) < 4.78 is 0. The number of rotatable bonds is 6. The van der Waals surface area contributed by atoms with Gasteiger partial charge in [-0.1, -0.05) is 55.1 Å². The van der Waals surface area contributed by atoms with Crippen LogP contribution >= 0.6 is 0 Å². The van der Waals surface area contributed by atoms with Crippen molar-refractivity contribution in [2.75, 3.05) is 5.32 Å². The minimum atomic E-state index is 0.804. The van der Waals surface area contributed by atoms with Crippen molar-refractivity contribution in [1.29, 1.82) is 0 Å². The average molecular weight is 506 g/mol. The first-order valence-corrected chi connectivity index (χ1v) is 12.6. The number of anilines is 1. The van der Waals surface area contributed by atoms with Crippen molar-refractivity contribution < 1.29 is 0 Å². The molecular formula is C32H23N7. The van der Waals surface area contributed by atoms with Crippen molar-refractivity contribution in [3.05, 3.63) is 122 Å². The van der Waals surface area contributed by atoms with E-state index in [0.29, 0.717) is 0 Å². The fourth-order valence-electron chi connectivity index (χ4n) is 4.87. The molecule has 39 heavy (non-hydrogen) atoms. The van der Waals surface area contributed by atoms with E-state index in [1.54, 1.807) is 12.4 Å². The minimum Gasteiger partial charge on any atom is -0.354 e. The van der Waals surface area contributed by atoms with Crippen LogP contribution in [-0.4, -0.2) is 30.1 Å². The highest BCUT2D eigenvalue weighted by atomic mass is 15.1. The number of aromatic nitrogens is 6. The van der Waals surface area contributed by atoms with Crippen molar-refractivity contribution in [3.8, 4) is 33.8 Å². The zero-order valence-corrected chi connectivity index (χ0v) is 20.9. The highest BCUT2D eigenvalue weighted by molar-refractivity contribution is 6.01. The summed E-state index contributed by atoms with van der Waals surface area (Å²) in [5, 5.41) is 13.2. The Morgan fingerprint density at radius 2 is 1.64 bits per heavy atom. The van der Waals surface area contributed by atoms with Gasteiger partial charge in [0.25, 0.3) is 0 Å². The van der Waals surface area contributed by atoms with Crippen molar-refractivity contribution in [1.82, 2.24) is 30.1 Å². The maximum absolute atomic E-state index is 4.68. The Bertz CT molecular complexity index is 1950. The summed E-state index contributed by atoms with van der Waals surface area (Å²) in [7, 11) is 0. The molecule has 0 radical (unpaired) electrons. The first-order valence-electron chi connectivity index (χ1n) is 12.6. The first kappa shape index (κ1) is 22.6. The number of pyridine rings is 3. The lowest BCUT2D eigenvalue weighted by atomic mass is 10.0. The largest absolute Gasteiger partial charge is 0.354 e. The lowest BCUT2D eigenvalue weighted by Gasteiger charge is -2.10. The Kier molecular flexibility index (Phi) is 5.45. The van der Waals surface area contributed by atoms with Crippen molar-refractivity contribution in [2.45, 2.75) is 0 Å². The van der Waals surface area contributed by atoms with Crippen LogP contribution in [-0.2, 0) is 0 Å². The Morgan fingerprint density at radius 3 is 2.51 bits per heavy atom. The molecule has 0 amide bonds. The van der Waals surface area contributed by atoms with E-state index >= 15 is 0 Å². The number of benzene rings is 2. The second-order valence-electron chi connectivity index (χ2n) is 9.31. The summed E-state index contributed by atoms with van der Waals surface area (Å²) in [6.45, 7) is 4.17. The monoisotopic (exact) mass is 505 g/mol. The van der Waals surface area contributed by atoms with Gasteiger partial charge in [-0.15, -0.1) is 0 Å². The molecule has 0 saturated carbocycles. The molecular weight excluding hydrogens is 482 g/mol. The Balaban J connectivity index is 1.25. The van der Waals surface area contributed by atoms with Gasteiger partial charge in [0.2, 0.25) is 0 Å². The second-order valence-corrected chi connectivity index (χ2v) is 9.31. The van der Waals surface area contributed by atoms with Crippen molar-refractivity contribution in [2.24, 2.45) is 0 Å². The number of aromatic amines is 2. The summed E-state index contributed by atoms with van der Waals surface area (Å²) >= 11 is 0. The number of H-pyrrole nitrogens is 2. The summed E-state index contributed by atoms with van der Waals surface area (Å²) in [6.07, 6.45) is 9.08. The van der Waals surface area contributed by atoms with Crippen LogP contribution in [0.5, 0.6) is 0 Å². The van der Waals surface area contributed by atoms with Crippen LogP contribution in [0, 0.1) is 0 Å². The van der Waals surface area contributed by atoms with Crippen molar-refractivity contribution in [3.63, 3.8) is 0 Å². The normalized spacial score (nSPS) is 11.2. The Labute approximate surface area is 224 Å². The quantitative estimate of drug-likeness (QED) is 0.220. The third-order valence-electron chi connectivity index (χ3n) is 6.79. The fraction of sp³-hybridized carbons (Fsp3) is 0. The molecule has 0 aliphatic carbocycles. The average Bonchev–Trinajstić information content (AvgIpc) is 3.62. The van der Waals surface area contributed by atoms with E-state index in [4.69, 9.17) is 0 Å². The van der Waals surface area contributed by atoms with Gasteiger partial charge in [0.15, 0.2) is 0 Å². The van der Waals surface area contributed by atoms with Crippen LogP contribution in [0.4, 0.5) is 5.69 Å². The van der Waals surface area contributed by atoms with Gasteiger partial charge in [0.1, 0.15) is 5.69 Å². The molecule has 7 nitrogen and oxygen atoms in total. The predicted octanol–water partition coefficient (Wildman–Crippen LogP) is 7.31. The van der Waals surface area contributed by atoms with Crippen LogP contribution in [0.2, 0.25) is 0 Å². The Hall–Kier alpha value is -5.56. The van der Waals surface area contributed by atoms with Crippen LogP contribution < -0.4 is 5.32 Å². The molecule has 0 spiro atoms. The molecule has 7 heteroatoms. The molecule has 7 rings (SSSR count). The maximum Gasteiger partial charge on any atom is 0.116 e. The molecule has 0 aliphatic rings. The highest BCUT2D eigenvalue weighted by Gasteiger charge is 2.15. The molecule has 0 fully saturated rings.